The Morgan fingerprint density at radius 1 is 1.13 bits per heavy atom. The highest BCUT2D eigenvalue weighted by Crippen LogP contribution is 2.21. The normalized spacial score (nSPS) is 15.5. The van der Waals surface area contributed by atoms with Crippen LogP contribution in [0.25, 0.3) is 10.9 Å². The monoisotopic (exact) mass is 435 g/mol. The molecule has 0 aliphatic carbocycles. The minimum absolute atomic E-state index is 0.0276. The summed E-state index contributed by atoms with van der Waals surface area (Å²) in [6.45, 7) is 4.15. The molecule has 0 bridgehead atoms. The predicted octanol–water partition coefficient (Wildman–Crippen LogP) is 3.48. The molecule has 31 heavy (non-hydrogen) atoms. The first-order valence-corrected chi connectivity index (χ1v) is 10.5. The van der Waals surface area contributed by atoms with Crippen molar-refractivity contribution in [1.29, 1.82) is 5.26 Å². The molecule has 1 aromatic heterocycles. The van der Waals surface area contributed by atoms with Gasteiger partial charge in [-0.05, 0) is 37.3 Å². The number of halogens is 1. The van der Waals surface area contributed by atoms with E-state index in [1.165, 1.54) is 0 Å². The first kappa shape index (κ1) is 20.9. The third-order valence-electron chi connectivity index (χ3n) is 5.65. The minimum Gasteiger partial charge on any atom is -0.351 e. The van der Waals surface area contributed by atoms with Crippen molar-refractivity contribution in [3.63, 3.8) is 0 Å². The van der Waals surface area contributed by atoms with Gasteiger partial charge in [-0.25, -0.2) is 0 Å². The highest BCUT2D eigenvalue weighted by atomic mass is 35.5. The Morgan fingerprint density at radius 2 is 1.87 bits per heavy atom. The van der Waals surface area contributed by atoms with Crippen LogP contribution in [0.4, 0.5) is 5.69 Å². The highest BCUT2D eigenvalue weighted by Gasteiger charge is 2.28. The van der Waals surface area contributed by atoms with Crippen LogP contribution in [0.15, 0.2) is 48.5 Å². The lowest BCUT2D eigenvalue weighted by atomic mass is 10.2. The molecule has 0 radical (unpaired) electrons. The van der Waals surface area contributed by atoms with Gasteiger partial charge in [-0.1, -0.05) is 29.8 Å². The maximum atomic E-state index is 12.9. The van der Waals surface area contributed by atoms with E-state index in [1.54, 1.807) is 18.2 Å². The topological polar surface area (TPSA) is 92.2 Å². The SMILES string of the molecule is CC(C(=O)Nc1ccc(C#N)c(Cl)c1)N1CCN(C(=O)c2cc3ccccc3[nH]2)CC1. The van der Waals surface area contributed by atoms with Crippen molar-refractivity contribution in [2.45, 2.75) is 13.0 Å². The largest absolute Gasteiger partial charge is 0.351 e. The molecule has 1 fully saturated rings. The van der Waals surface area contributed by atoms with Crippen LogP contribution in [0.5, 0.6) is 0 Å². The van der Waals surface area contributed by atoms with Crippen molar-refractivity contribution in [2.75, 3.05) is 31.5 Å². The maximum absolute atomic E-state index is 12.9. The van der Waals surface area contributed by atoms with Gasteiger partial charge in [-0.2, -0.15) is 5.26 Å². The number of nitrogens with zero attached hydrogens (tertiary/aromatic N) is 3. The molecule has 1 saturated heterocycles. The zero-order valence-electron chi connectivity index (χ0n) is 17.1. The van der Waals surface area contributed by atoms with Crippen molar-refractivity contribution in [2.24, 2.45) is 0 Å². The smallest absolute Gasteiger partial charge is 0.270 e. The number of fused-ring (bicyclic) bond motifs is 1. The number of amides is 2. The third kappa shape index (κ3) is 4.41. The number of hydrogen-bond acceptors (Lipinski definition) is 4. The zero-order chi connectivity index (χ0) is 22.0. The molecule has 8 heteroatoms. The summed E-state index contributed by atoms with van der Waals surface area (Å²) >= 11 is 6.04. The number of rotatable bonds is 4. The van der Waals surface area contributed by atoms with Gasteiger partial charge in [0, 0.05) is 42.8 Å². The van der Waals surface area contributed by atoms with E-state index in [9.17, 15) is 9.59 Å². The number of nitriles is 1. The summed E-state index contributed by atoms with van der Waals surface area (Å²) in [4.78, 5) is 32.6. The molecule has 1 unspecified atom stereocenters. The molecule has 2 heterocycles. The van der Waals surface area contributed by atoms with E-state index in [0.29, 0.717) is 48.1 Å². The van der Waals surface area contributed by atoms with Crippen molar-refractivity contribution in [3.05, 3.63) is 64.8 Å². The summed E-state index contributed by atoms with van der Waals surface area (Å²) in [5, 5.41) is 13.1. The average molecular weight is 436 g/mol. The summed E-state index contributed by atoms with van der Waals surface area (Å²) in [5.41, 5.74) is 2.44. The van der Waals surface area contributed by atoms with Crippen LogP contribution in [0.3, 0.4) is 0 Å². The fourth-order valence-electron chi connectivity index (χ4n) is 3.77. The Kier molecular flexibility index (Phi) is 5.94. The van der Waals surface area contributed by atoms with Gasteiger partial charge in [-0.3, -0.25) is 14.5 Å². The average Bonchev–Trinajstić information content (AvgIpc) is 3.22. The quantitative estimate of drug-likeness (QED) is 0.656. The zero-order valence-corrected chi connectivity index (χ0v) is 17.8. The number of benzene rings is 2. The van der Waals surface area contributed by atoms with Crippen LogP contribution in [-0.4, -0.2) is 58.8 Å². The van der Waals surface area contributed by atoms with E-state index in [1.807, 2.05) is 48.2 Å². The molecule has 2 aromatic carbocycles. The number of H-pyrrole nitrogens is 1. The molecule has 158 valence electrons. The number of carbonyl (C=O) groups excluding carboxylic acids is 2. The minimum atomic E-state index is -0.361. The van der Waals surface area contributed by atoms with E-state index in [0.717, 1.165) is 10.9 Å². The van der Waals surface area contributed by atoms with Crippen LogP contribution in [0, 0.1) is 11.3 Å². The molecule has 2 N–H and O–H groups in total. The van der Waals surface area contributed by atoms with E-state index in [-0.39, 0.29) is 17.9 Å². The number of carbonyl (C=O) groups is 2. The number of nitrogens with one attached hydrogen (secondary N) is 2. The second-order valence-electron chi connectivity index (χ2n) is 7.57. The second kappa shape index (κ2) is 8.80. The molecular formula is C23H22ClN5O2. The molecule has 1 aliphatic rings. The summed E-state index contributed by atoms with van der Waals surface area (Å²) in [7, 11) is 0. The Hall–Kier alpha value is -3.34. The third-order valence-corrected chi connectivity index (χ3v) is 5.96. The fraction of sp³-hybridized carbons (Fsp3) is 0.261. The summed E-state index contributed by atoms with van der Waals surface area (Å²) in [6, 6.07) is 16.1. The van der Waals surface area contributed by atoms with Gasteiger partial charge < -0.3 is 15.2 Å². The summed E-state index contributed by atoms with van der Waals surface area (Å²) in [6.07, 6.45) is 0. The number of anilines is 1. The molecule has 2 amide bonds. The van der Waals surface area contributed by atoms with Crippen molar-refractivity contribution < 1.29 is 9.59 Å². The molecular weight excluding hydrogens is 414 g/mol. The van der Waals surface area contributed by atoms with Gasteiger partial charge in [0.05, 0.1) is 16.6 Å². The van der Waals surface area contributed by atoms with Crippen LogP contribution in [0.2, 0.25) is 5.02 Å². The van der Waals surface area contributed by atoms with Gasteiger partial charge in [0.1, 0.15) is 11.8 Å². The summed E-state index contributed by atoms with van der Waals surface area (Å²) < 4.78 is 0. The lowest BCUT2D eigenvalue weighted by Gasteiger charge is -2.37. The summed E-state index contributed by atoms with van der Waals surface area (Å²) in [5.74, 6) is -0.184. The van der Waals surface area contributed by atoms with E-state index in [4.69, 9.17) is 16.9 Å². The van der Waals surface area contributed by atoms with Crippen molar-refractivity contribution in [3.8, 4) is 6.07 Å². The first-order chi connectivity index (χ1) is 15.0. The fourth-order valence-corrected chi connectivity index (χ4v) is 3.99. The van der Waals surface area contributed by atoms with Gasteiger partial charge in [0.25, 0.3) is 5.91 Å². The molecule has 0 saturated carbocycles. The van der Waals surface area contributed by atoms with Gasteiger partial charge >= 0.3 is 0 Å². The Bertz CT molecular complexity index is 1140. The van der Waals surface area contributed by atoms with Crippen molar-refractivity contribution >= 4 is 40.0 Å². The molecule has 7 nitrogen and oxygen atoms in total. The van der Waals surface area contributed by atoms with E-state index < -0.39 is 0 Å². The van der Waals surface area contributed by atoms with E-state index >= 15 is 0 Å². The predicted molar refractivity (Wildman–Crippen MR) is 120 cm³/mol. The lowest BCUT2D eigenvalue weighted by molar-refractivity contribution is -0.121. The molecule has 1 aliphatic heterocycles. The van der Waals surface area contributed by atoms with Crippen LogP contribution in [-0.2, 0) is 4.79 Å². The van der Waals surface area contributed by atoms with Crippen LogP contribution < -0.4 is 5.32 Å². The number of hydrogen-bond donors (Lipinski definition) is 2. The van der Waals surface area contributed by atoms with E-state index in [2.05, 4.69) is 15.2 Å². The lowest BCUT2D eigenvalue weighted by Crippen LogP contribution is -2.54. The van der Waals surface area contributed by atoms with Gasteiger partial charge in [-0.15, -0.1) is 0 Å². The van der Waals surface area contributed by atoms with Crippen molar-refractivity contribution in [1.82, 2.24) is 14.8 Å². The van der Waals surface area contributed by atoms with Crippen LogP contribution >= 0.6 is 11.6 Å². The Morgan fingerprint density at radius 3 is 2.55 bits per heavy atom. The van der Waals surface area contributed by atoms with Gasteiger partial charge in [0.2, 0.25) is 5.91 Å². The number of piperazine rings is 1. The van der Waals surface area contributed by atoms with Gasteiger partial charge in [0.15, 0.2) is 0 Å². The Labute approximate surface area is 185 Å². The first-order valence-electron chi connectivity index (χ1n) is 10.1. The standard InChI is InChI=1S/C23H22ClN5O2/c1-15(22(30)26-18-7-6-17(14-25)19(24)13-18)28-8-10-29(11-9-28)23(31)21-12-16-4-2-3-5-20(16)27-21/h2-7,12-13,15,27H,8-11H2,1H3,(H,26,30). The van der Waals surface area contributed by atoms with Crippen LogP contribution in [0.1, 0.15) is 23.0 Å². The number of para-hydroxylation sites is 1. The second-order valence-corrected chi connectivity index (χ2v) is 7.98. The maximum Gasteiger partial charge on any atom is 0.270 e. The Balaban J connectivity index is 1.34. The molecule has 4 rings (SSSR count). The molecule has 1 atom stereocenters. The highest BCUT2D eigenvalue weighted by molar-refractivity contribution is 6.32. The molecule has 3 aromatic rings. The molecule has 0 spiro atoms. The number of aromatic amines is 1. The number of aromatic nitrogens is 1.